The standard InChI is InChI=1S/C47H57NO14/c1-10-25(4)41(54)48-35(28-17-13-12-14-18-28)37(52)43(56)59-30-22-47(57)40(61-42(55)29-19-15-16-24(3)20-29)38-45(9,39(53)36(51)34(26(30)5)44(47,7)8)31(60-33(50)11-2)21-32-46(38,23-58-32)62-27(6)49/h10,12-20,26,30-32,34-35,37-38,40,52,57H,11,21-23H2,1-9H3,(H,48,54)/t26?,30-,31-,32+,34?,35-,37+,38?,40-,45+,46-,47+/m0/s1. The lowest BCUT2D eigenvalue weighted by Crippen LogP contribution is -2.83. The number of rotatable bonds is 11. The second-order valence-corrected chi connectivity index (χ2v) is 18.0. The molecule has 2 aromatic rings. The number of esters is 4. The minimum atomic E-state index is -2.39. The van der Waals surface area contributed by atoms with E-state index in [0.717, 1.165) is 6.92 Å². The number of aryl methyl sites for hydroxylation is 1. The molecular weight excluding hydrogens is 803 g/mol. The molecule has 4 fully saturated rings. The number of ketones is 2. The van der Waals surface area contributed by atoms with Crippen LogP contribution >= 0.6 is 0 Å². The van der Waals surface area contributed by atoms with Gasteiger partial charge < -0.3 is 39.2 Å². The van der Waals surface area contributed by atoms with Crippen molar-refractivity contribution in [1.29, 1.82) is 0 Å². The van der Waals surface area contributed by atoms with Crippen molar-refractivity contribution in [3.8, 4) is 0 Å². The van der Waals surface area contributed by atoms with E-state index in [1.807, 2.05) is 0 Å². The van der Waals surface area contributed by atoms with E-state index in [4.69, 9.17) is 23.7 Å². The first-order chi connectivity index (χ1) is 29.1. The van der Waals surface area contributed by atoms with E-state index < -0.39 is 124 Å². The van der Waals surface area contributed by atoms with Gasteiger partial charge >= 0.3 is 23.9 Å². The number of Topliss-reactive ketones (excluding diaryl/α,β-unsaturated/α-hetero) is 2. The minimum Gasteiger partial charge on any atom is -0.461 e. The Morgan fingerprint density at radius 3 is 2.24 bits per heavy atom. The summed E-state index contributed by atoms with van der Waals surface area (Å²) in [7, 11) is 0. The number of fused-ring (bicyclic) bond motifs is 5. The third kappa shape index (κ3) is 7.65. The Bertz CT molecular complexity index is 2170. The fraction of sp³-hybridized carbons (Fsp3) is 0.553. The maximum absolute atomic E-state index is 15.4. The van der Waals surface area contributed by atoms with Gasteiger partial charge in [0.25, 0.3) is 0 Å². The van der Waals surface area contributed by atoms with Gasteiger partial charge in [-0.15, -0.1) is 0 Å². The van der Waals surface area contributed by atoms with Crippen molar-refractivity contribution in [2.45, 2.75) is 129 Å². The maximum Gasteiger partial charge on any atom is 0.338 e. The van der Waals surface area contributed by atoms with Crippen LogP contribution < -0.4 is 5.32 Å². The molecule has 1 saturated heterocycles. The van der Waals surface area contributed by atoms with Crippen LogP contribution in [0.25, 0.3) is 0 Å². The minimum absolute atomic E-state index is 0.0827. The lowest BCUT2D eigenvalue weighted by Gasteiger charge is -2.68. The molecule has 3 unspecified atom stereocenters. The zero-order chi connectivity index (χ0) is 45.7. The molecule has 12 atom stereocenters. The maximum atomic E-state index is 15.4. The molecule has 0 aromatic heterocycles. The van der Waals surface area contributed by atoms with Crippen LogP contribution in [-0.4, -0.2) is 99.9 Å². The first-order valence-corrected chi connectivity index (χ1v) is 21.1. The Labute approximate surface area is 360 Å². The normalized spacial score (nSPS) is 33.4. The molecule has 0 spiro atoms. The number of carbonyl (C=O) groups is 7. The van der Waals surface area contributed by atoms with Crippen LogP contribution in [0.4, 0.5) is 0 Å². The van der Waals surface area contributed by atoms with Crippen LogP contribution in [0.15, 0.2) is 66.2 Å². The molecule has 334 valence electrons. The average Bonchev–Trinajstić information content (AvgIpc) is 3.22. The summed E-state index contributed by atoms with van der Waals surface area (Å²) >= 11 is 0. The fourth-order valence-electron chi connectivity index (χ4n) is 10.4. The van der Waals surface area contributed by atoms with Crippen LogP contribution in [0, 0.1) is 35.5 Å². The number of benzene rings is 2. The van der Waals surface area contributed by atoms with E-state index >= 15 is 9.59 Å². The summed E-state index contributed by atoms with van der Waals surface area (Å²) in [4.78, 5) is 98.4. The summed E-state index contributed by atoms with van der Waals surface area (Å²) in [5.41, 5.74) is -6.42. The highest BCUT2D eigenvalue weighted by molar-refractivity contribution is 6.40. The molecule has 3 saturated carbocycles. The van der Waals surface area contributed by atoms with Crippen LogP contribution in [0.3, 0.4) is 0 Å². The van der Waals surface area contributed by atoms with Gasteiger partial charge in [0.05, 0.1) is 29.5 Å². The van der Waals surface area contributed by atoms with Crippen molar-refractivity contribution in [2.75, 3.05) is 6.61 Å². The SMILES string of the molecule is CC=C(C)C(=O)N[C@@H](c1ccccc1)[C@@H](O)C(=O)O[C@H]1C[C@@]2(O)[C@@H](OC(=O)c3cccc(C)c3)C3[C@](C)(C(=O)C(=O)C(C1C)C2(C)C)[C@@H](OC(=O)CC)C[C@H]1OC[C@@]31OC(C)=O. The molecule has 62 heavy (non-hydrogen) atoms. The van der Waals surface area contributed by atoms with Gasteiger partial charge in [0.2, 0.25) is 17.5 Å². The first kappa shape index (κ1) is 46.3. The molecule has 1 amide bonds. The summed E-state index contributed by atoms with van der Waals surface area (Å²) in [5.74, 6) is -10.2. The van der Waals surface area contributed by atoms with Gasteiger partial charge in [-0.3, -0.25) is 24.0 Å². The predicted octanol–water partition coefficient (Wildman–Crippen LogP) is 4.23. The van der Waals surface area contributed by atoms with E-state index in [0.29, 0.717) is 16.7 Å². The Hall–Kier alpha value is -5.25. The van der Waals surface area contributed by atoms with Crippen molar-refractivity contribution >= 4 is 41.4 Å². The molecule has 3 N–H and O–H groups in total. The highest BCUT2D eigenvalue weighted by Crippen LogP contribution is 2.65. The number of hydrogen-bond donors (Lipinski definition) is 3. The summed E-state index contributed by atoms with van der Waals surface area (Å²) < 4.78 is 30.5. The first-order valence-electron chi connectivity index (χ1n) is 21.1. The fourth-order valence-corrected chi connectivity index (χ4v) is 10.4. The van der Waals surface area contributed by atoms with Gasteiger partial charge in [0.15, 0.2) is 11.7 Å². The molecular formula is C47H57NO14. The lowest BCUT2D eigenvalue weighted by atomic mass is 9.42. The Balaban J connectivity index is 1.53. The van der Waals surface area contributed by atoms with E-state index in [9.17, 15) is 34.2 Å². The number of ether oxygens (including phenoxy) is 5. The van der Waals surface area contributed by atoms with Gasteiger partial charge in [-0.2, -0.15) is 0 Å². The van der Waals surface area contributed by atoms with Gasteiger partial charge in [-0.1, -0.05) is 81.8 Å². The van der Waals surface area contributed by atoms with Crippen LogP contribution in [0.1, 0.15) is 102 Å². The smallest absolute Gasteiger partial charge is 0.338 e. The highest BCUT2D eigenvalue weighted by Gasteiger charge is 2.80. The summed E-state index contributed by atoms with van der Waals surface area (Å²) in [6.45, 7) is 13.5. The molecule has 15 heteroatoms. The van der Waals surface area contributed by atoms with Crippen molar-refractivity contribution in [3.63, 3.8) is 0 Å². The number of carbonyl (C=O) groups excluding carboxylic acids is 7. The highest BCUT2D eigenvalue weighted by atomic mass is 16.6. The molecule has 6 rings (SSSR count). The number of amides is 1. The van der Waals surface area contributed by atoms with Crippen molar-refractivity contribution < 1.29 is 67.5 Å². The Morgan fingerprint density at radius 1 is 0.984 bits per heavy atom. The topological polar surface area (TPSA) is 218 Å². The second-order valence-electron chi connectivity index (χ2n) is 18.0. The number of aliphatic hydroxyl groups is 2. The van der Waals surface area contributed by atoms with Crippen LogP contribution in [0.2, 0.25) is 0 Å². The van der Waals surface area contributed by atoms with Crippen molar-refractivity contribution in [3.05, 3.63) is 82.9 Å². The summed E-state index contributed by atoms with van der Waals surface area (Å²) in [6.07, 6.45) is -6.87. The third-order valence-electron chi connectivity index (χ3n) is 14.1. The number of nitrogens with one attached hydrogen (secondary N) is 1. The Kier molecular flexibility index (Phi) is 12.8. The molecule has 3 aliphatic carbocycles. The van der Waals surface area contributed by atoms with E-state index in [2.05, 4.69) is 5.32 Å². The molecule has 2 bridgehead atoms. The molecule has 0 radical (unpaired) electrons. The van der Waals surface area contributed by atoms with E-state index in [1.54, 1.807) is 103 Å². The molecule has 4 aliphatic rings. The largest absolute Gasteiger partial charge is 0.461 e. The second kappa shape index (κ2) is 17.1. The number of hydrogen-bond acceptors (Lipinski definition) is 14. The number of allylic oxidation sites excluding steroid dienone is 1. The van der Waals surface area contributed by atoms with Crippen molar-refractivity contribution in [2.24, 2.45) is 28.6 Å². The summed E-state index contributed by atoms with van der Waals surface area (Å²) in [5, 5.41) is 28.0. The van der Waals surface area contributed by atoms with Crippen LogP contribution in [-0.2, 0) is 52.5 Å². The van der Waals surface area contributed by atoms with Gasteiger partial charge in [0, 0.05) is 49.0 Å². The molecule has 1 aliphatic heterocycles. The monoisotopic (exact) mass is 859 g/mol. The zero-order valence-corrected chi connectivity index (χ0v) is 36.6. The lowest BCUT2D eigenvalue weighted by molar-refractivity contribution is -0.350. The molecule has 2 aromatic carbocycles. The Morgan fingerprint density at radius 2 is 1.66 bits per heavy atom. The van der Waals surface area contributed by atoms with E-state index in [1.165, 1.54) is 13.0 Å². The zero-order valence-electron chi connectivity index (χ0n) is 36.6. The summed E-state index contributed by atoms with van der Waals surface area (Å²) in [6, 6.07) is 13.4. The van der Waals surface area contributed by atoms with E-state index in [-0.39, 0.29) is 25.0 Å². The van der Waals surface area contributed by atoms with Crippen LogP contribution in [0.5, 0.6) is 0 Å². The quantitative estimate of drug-likeness (QED) is 0.125. The van der Waals surface area contributed by atoms with Gasteiger partial charge in [-0.05, 0) is 45.4 Å². The van der Waals surface area contributed by atoms with Crippen molar-refractivity contribution in [1.82, 2.24) is 5.32 Å². The molecule has 1 heterocycles. The molecule has 15 nitrogen and oxygen atoms in total. The van der Waals surface area contributed by atoms with Gasteiger partial charge in [-0.25, -0.2) is 9.59 Å². The van der Waals surface area contributed by atoms with Gasteiger partial charge in [0.1, 0.15) is 30.0 Å². The average molecular weight is 860 g/mol. The predicted molar refractivity (Wildman–Crippen MR) is 220 cm³/mol. The third-order valence-corrected chi connectivity index (χ3v) is 14.1. The number of aliphatic hydroxyl groups excluding tert-OH is 1.